The molecule has 0 aromatic heterocycles. The Hall–Kier alpha value is -0.160. The molecule has 1 aliphatic carbocycles. The van der Waals surface area contributed by atoms with Gasteiger partial charge in [-0.05, 0) is 32.2 Å². The van der Waals surface area contributed by atoms with Gasteiger partial charge in [-0.25, -0.2) is 0 Å². The smallest absolute Gasteiger partial charge is 0.0607 e. The number of fused-ring (bicyclic) bond motifs is 1. The van der Waals surface area contributed by atoms with Gasteiger partial charge in [-0.1, -0.05) is 6.42 Å². The van der Waals surface area contributed by atoms with Gasteiger partial charge < -0.3 is 10.5 Å². The molecule has 1 saturated carbocycles. The van der Waals surface area contributed by atoms with Crippen LogP contribution in [0.2, 0.25) is 0 Å². The van der Waals surface area contributed by atoms with E-state index in [1.54, 1.807) is 0 Å². The van der Waals surface area contributed by atoms with Crippen LogP contribution >= 0.6 is 0 Å². The number of hydrogen-bond acceptors (Lipinski definition) is 4. The van der Waals surface area contributed by atoms with Gasteiger partial charge in [0.15, 0.2) is 0 Å². The van der Waals surface area contributed by atoms with Crippen molar-refractivity contribution in [1.82, 2.24) is 9.80 Å². The first-order valence-corrected chi connectivity index (χ1v) is 7.49. The second kappa shape index (κ2) is 5.08. The van der Waals surface area contributed by atoms with E-state index in [2.05, 4.69) is 9.80 Å². The van der Waals surface area contributed by atoms with E-state index in [-0.39, 0.29) is 5.54 Å². The molecule has 0 spiro atoms. The quantitative estimate of drug-likeness (QED) is 0.802. The topological polar surface area (TPSA) is 41.7 Å². The molecule has 4 heteroatoms. The van der Waals surface area contributed by atoms with E-state index >= 15 is 0 Å². The SMILES string of the molecule is COC1CC(CN)(N2CCN3CCCCC3C2)C1. The monoisotopic (exact) mass is 253 g/mol. The third-order valence-corrected chi connectivity index (χ3v) is 5.44. The summed E-state index contributed by atoms with van der Waals surface area (Å²) in [6, 6.07) is 0.789. The summed E-state index contributed by atoms with van der Waals surface area (Å²) >= 11 is 0. The molecule has 18 heavy (non-hydrogen) atoms. The van der Waals surface area contributed by atoms with Crippen molar-refractivity contribution < 1.29 is 4.74 Å². The minimum Gasteiger partial charge on any atom is -0.381 e. The number of nitrogens with two attached hydrogens (primary N) is 1. The molecular weight excluding hydrogens is 226 g/mol. The molecule has 2 N–H and O–H groups in total. The molecule has 3 aliphatic rings. The largest absolute Gasteiger partial charge is 0.381 e. The molecule has 0 radical (unpaired) electrons. The highest BCUT2D eigenvalue weighted by molar-refractivity contribution is 5.06. The van der Waals surface area contributed by atoms with Gasteiger partial charge in [0.05, 0.1) is 6.10 Å². The lowest BCUT2D eigenvalue weighted by atomic mass is 9.72. The lowest BCUT2D eigenvalue weighted by Gasteiger charge is -2.57. The second-order valence-electron chi connectivity index (χ2n) is 6.33. The maximum atomic E-state index is 6.07. The highest BCUT2D eigenvalue weighted by Gasteiger charge is 2.49. The van der Waals surface area contributed by atoms with E-state index in [0.717, 1.165) is 25.4 Å². The summed E-state index contributed by atoms with van der Waals surface area (Å²) in [7, 11) is 1.82. The van der Waals surface area contributed by atoms with Crippen LogP contribution in [-0.2, 0) is 4.74 Å². The first-order chi connectivity index (χ1) is 8.77. The highest BCUT2D eigenvalue weighted by atomic mass is 16.5. The first-order valence-electron chi connectivity index (χ1n) is 7.49. The van der Waals surface area contributed by atoms with Crippen LogP contribution < -0.4 is 5.73 Å². The Balaban J connectivity index is 1.62. The van der Waals surface area contributed by atoms with Crippen LogP contribution in [0.5, 0.6) is 0 Å². The molecule has 3 rings (SSSR count). The Bertz CT molecular complexity index is 291. The summed E-state index contributed by atoms with van der Waals surface area (Å²) in [6.07, 6.45) is 6.89. The van der Waals surface area contributed by atoms with Gasteiger partial charge in [-0.15, -0.1) is 0 Å². The molecule has 2 heterocycles. The Morgan fingerprint density at radius 2 is 2.06 bits per heavy atom. The third-order valence-electron chi connectivity index (χ3n) is 5.44. The first kappa shape index (κ1) is 12.9. The minimum atomic E-state index is 0.254. The van der Waals surface area contributed by atoms with E-state index in [1.165, 1.54) is 45.4 Å². The van der Waals surface area contributed by atoms with Gasteiger partial charge in [-0.3, -0.25) is 9.80 Å². The summed E-state index contributed by atoms with van der Waals surface area (Å²) in [5.74, 6) is 0. The maximum Gasteiger partial charge on any atom is 0.0607 e. The standard InChI is InChI=1S/C14H27N3O/c1-18-13-8-14(9-13,11-15)17-7-6-16-5-3-2-4-12(16)10-17/h12-13H,2-11,15H2,1H3. The summed E-state index contributed by atoms with van der Waals surface area (Å²) in [4.78, 5) is 5.37. The normalized spacial score (nSPS) is 42.3. The number of methoxy groups -OCH3 is 1. The molecule has 4 nitrogen and oxygen atoms in total. The number of hydrogen-bond donors (Lipinski definition) is 1. The third kappa shape index (κ3) is 2.09. The molecule has 2 saturated heterocycles. The highest BCUT2D eigenvalue weighted by Crippen LogP contribution is 2.40. The van der Waals surface area contributed by atoms with Crippen molar-refractivity contribution in [2.24, 2.45) is 5.73 Å². The van der Waals surface area contributed by atoms with Gasteiger partial charge in [-0.2, -0.15) is 0 Å². The molecule has 2 aliphatic heterocycles. The summed E-state index contributed by atoms with van der Waals surface area (Å²) in [5.41, 5.74) is 6.33. The van der Waals surface area contributed by atoms with E-state index in [0.29, 0.717) is 6.10 Å². The van der Waals surface area contributed by atoms with Crippen molar-refractivity contribution >= 4 is 0 Å². The zero-order chi connectivity index (χ0) is 12.6. The van der Waals surface area contributed by atoms with Crippen molar-refractivity contribution in [2.45, 2.75) is 49.8 Å². The Kier molecular flexibility index (Phi) is 3.63. The molecule has 0 bridgehead atoms. The van der Waals surface area contributed by atoms with Crippen molar-refractivity contribution in [2.75, 3.05) is 39.8 Å². The molecule has 0 aromatic carbocycles. The molecular formula is C14H27N3O. The van der Waals surface area contributed by atoms with Crippen LogP contribution in [-0.4, -0.2) is 67.3 Å². The summed E-state index contributed by atoms with van der Waals surface area (Å²) in [6.45, 7) is 5.77. The zero-order valence-corrected chi connectivity index (χ0v) is 11.6. The Labute approximate surface area is 110 Å². The van der Waals surface area contributed by atoms with Crippen LogP contribution in [0.3, 0.4) is 0 Å². The molecule has 0 amide bonds. The lowest BCUT2D eigenvalue weighted by molar-refractivity contribution is -0.111. The van der Waals surface area contributed by atoms with Crippen molar-refractivity contribution in [1.29, 1.82) is 0 Å². The average Bonchev–Trinajstić information content (AvgIpc) is 2.38. The maximum absolute atomic E-state index is 6.07. The van der Waals surface area contributed by atoms with Crippen molar-refractivity contribution in [3.8, 4) is 0 Å². The van der Waals surface area contributed by atoms with Gasteiger partial charge in [0, 0.05) is 44.9 Å². The minimum absolute atomic E-state index is 0.254. The van der Waals surface area contributed by atoms with E-state index in [4.69, 9.17) is 10.5 Å². The molecule has 0 aromatic rings. The van der Waals surface area contributed by atoms with Crippen LogP contribution in [0, 0.1) is 0 Å². The van der Waals surface area contributed by atoms with E-state index in [1.807, 2.05) is 7.11 Å². The van der Waals surface area contributed by atoms with Crippen molar-refractivity contribution in [3.63, 3.8) is 0 Å². The van der Waals surface area contributed by atoms with Gasteiger partial charge in [0.25, 0.3) is 0 Å². The molecule has 104 valence electrons. The predicted octanol–water partition coefficient (Wildman–Crippen LogP) is 0.663. The number of piperidine rings is 1. The zero-order valence-electron chi connectivity index (χ0n) is 11.6. The average molecular weight is 253 g/mol. The predicted molar refractivity (Wildman–Crippen MR) is 72.6 cm³/mol. The molecule has 1 unspecified atom stereocenters. The van der Waals surface area contributed by atoms with E-state index in [9.17, 15) is 0 Å². The molecule has 3 fully saturated rings. The number of nitrogens with zero attached hydrogens (tertiary/aromatic N) is 2. The molecule has 1 atom stereocenters. The fraction of sp³-hybridized carbons (Fsp3) is 1.00. The fourth-order valence-electron chi connectivity index (χ4n) is 4.10. The van der Waals surface area contributed by atoms with Crippen molar-refractivity contribution in [3.05, 3.63) is 0 Å². The Morgan fingerprint density at radius 3 is 2.78 bits per heavy atom. The number of ether oxygens (including phenoxy) is 1. The lowest BCUT2D eigenvalue weighted by Crippen LogP contribution is -2.69. The van der Waals surface area contributed by atoms with Crippen LogP contribution in [0.15, 0.2) is 0 Å². The van der Waals surface area contributed by atoms with Crippen LogP contribution in [0.4, 0.5) is 0 Å². The fourth-order valence-corrected chi connectivity index (χ4v) is 4.10. The van der Waals surface area contributed by atoms with Gasteiger partial charge in [0.1, 0.15) is 0 Å². The summed E-state index contributed by atoms with van der Waals surface area (Å²) < 4.78 is 5.45. The van der Waals surface area contributed by atoms with E-state index < -0.39 is 0 Å². The number of rotatable bonds is 3. The van der Waals surface area contributed by atoms with Gasteiger partial charge >= 0.3 is 0 Å². The van der Waals surface area contributed by atoms with Crippen LogP contribution in [0.1, 0.15) is 32.1 Å². The second-order valence-corrected chi connectivity index (χ2v) is 6.33. The van der Waals surface area contributed by atoms with Crippen LogP contribution in [0.25, 0.3) is 0 Å². The number of piperazine rings is 1. The van der Waals surface area contributed by atoms with Gasteiger partial charge in [0.2, 0.25) is 0 Å². The summed E-state index contributed by atoms with van der Waals surface area (Å²) in [5, 5.41) is 0. The Morgan fingerprint density at radius 1 is 1.22 bits per heavy atom.